The van der Waals surface area contributed by atoms with Crippen molar-refractivity contribution in [1.29, 1.82) is 0 Å². The fourth-order valence-electron chi connectivity index (χ4n) is 2.19. The maximum atomic E-state index is 11.8. The fraction of sp³-hybridized carbons (Fsp3) is 0.333. The van der Waals surface area contributed by atoms with Crippen LogP contribution in [0.1, 0.15) is 26.2 Å². The minimum absolute atomic E-state index is 0.0796. The van der Waals surface area contributed by atoms with E-state index in [0.29, 0.717) is 10.9 Å². The minimum Gasteiger partial charge on any atom is -0.484 e. The smallest absolute Gasteiger partial charge is 0.276 e. The normalized spacial score (nSPS) is 10.2. The highest BCUT2D eigenvalue weighted by Gasteiger charge is 2.04. The van der Waals surface area contributed by atoms with Crippen molar-refractivity contribution in [1.82, 2.24) is 16.2 Å². The number of benzene rings is 2. The third-order valence-corrected chi connectivity index (χ3v) is 3.72. The second kappa shape index (κ2) is 9.72. The average Bonchev–Trinajstić information content (AvgIpc) is 2.61. The molecule has 128 valence electrons. The van der Waals surface area contributed by atoms with Gasteiger partial charge in [0.05, 0.1) is 0 Å². The average molecular weight is 345 g/mol. The molecular formula is C18H23N3O2S. The quantitative estimate of drug-likeness (QED) is 0.409. The Morgan fingerprint density at radius 3 is 2.67 bits per heavy atom. The Hall–Kier alpha value is -2.34. The van der Waals surface area contributed by atoms with E-state index in [1.165, 1.54) is 0 Å². The first-order valence-corrected chi connectivity index (χ1v) is 8.54. The summed E-state index contributed by atoms with van der Waals surface area (Å²) in [5, 5.41) is 5.65. The second-order valence-corrected chi connectivity index (χ2v) is 5.84. The zero-order chi connectivity index (χ0) is 17.2. The van der Waals surface area contributed by atoms with Gasteiger partial charge in [-0.3, -0.25) is 15.6 Å². The van der Waals surface area contributed by atoms with Crippen molar-refractivity contribution in [3.8, 4) is 5.75 Å². The summed E-state index contributed by atoms with van der Waals surface area (Å²) in [5.74, 6) is 0.366. The van der Waals surface area contributed by atoms with E-state index >= 15 is 0 Å². The molecule has 0 heterocycles. The molecule has 6 heteroatoms. The van der Waals surface area contributed by atoms with Crippen molar-refractivity contribution in [2.24, 2.45) is 0 Å². The summed E-state index contributed by atoms with van der Waals surface area (Å²) in [6.45, 7) is 2.86. The summed E-state index contributed by atoms with van der Waals surface area (Å²) >= 11 is 5.07. The van der Waals surface area contributed by atoms with Gasteiger partial charge in [-0.15, -0.1) is 0 Å². The number of carbonyl (C=O) groups is 1. The van der Waals surface area contributed by atoms with Crippen molar-refractivity contribution in [2.75, 3.05) is 13.2 Å². The molecule has 3 N–H and O–H groups in total. The summed E-state index contributed by atoms with van der Waals surface area (Å²) in [6.07, 6.45) is 3.36. The van der Waals surface area contributed by atoms with E-state index in [0.717, 1.165) is 36.6 Å². The molecule has 0 saturated carbocycles. The van der Waals surface area contributed by atoms with Crippen LogP contribution in [0.15, 0.2) is 42.5 Å². The van der Waals surface area contributed by atoms with Crippen molar-refractivity contribution < 1.29 is 9.53 Å². The van der Waals surface area contributed by atoms with Gasteiger partial charge in [0.25, 0.3) is 5.91 Å². The van der Waals surface area contributed by atoms with E-state index in [1.54, 1.807) is 0 Å². The van der Waals surface area contributed by atoms with E-state index in [2.05, 4.69) is 23.1 Å². The number of rotatable bonds is 7. The summed E-state index contributed by atoms with van der Waals surface area (Å²) in [7, 11) is 0. The largest absolute Gasteiger partial charge is 0.484 e. The lowest BCUT2D eigenvalue weighted by Gasteiger charge is -2.12. The Kier molecular flexibility index (Phi) is 7.29. The number of ether oxygens (including phenoxy) is 1. The van der Waals surface area contributed by atoms with Crippen LogP contribution in [0.3, 0.4) is 0 Å². The molecule has 0 aliphatic carbocycles. The molecule has 0 atom stereocenters. The van der Waals surface area contributed by atoms with Crippen LogP contribution in [0.2, 0.25) is 0 Å². The molecule has 0 saturated heterocycles. The zero-order valence-corrected chi connectivity index (χ0v) is 14.6. The molecule has 0 spiro atoms. The lowest BCUT2D eigenvalue weighted by atomic mass is 10.1. The number of fused-ring (bicyclic) bond motifs is 1. The number of amides is 1. The third kappa shape index (κ3) is 6.04. The molecule has 1 amide bonds. The van der Waals surface area contributed by atoms with Gasteiger partial charge in [0.15, 0.2) is 11.7 Å². The van der Waals surface area contributed by atoms with E-state index in [9.17, 15) is 4.79 Å². The van der Waals surface area contributed by atoms with Gasteiger partial charge in [-0.25, -0.2) is 0 Å². The molecule has 0 aliphatic rings. The molecule has 0 fully saturated rings. The van der Waals surface area contributed by atoms with Gasteiger partial charge in [0.1, 0.15) is 5.75 Å². The predicted molar refractivity (Wildman–Crippen MR) is 101 cm³/mol. The Morgan fingerprint density at radius 1 is 1.08 bits per heavy atom. The molecule has 2 rings (SSSR count). The Morgan fingerprint density at radius 2 is 1.88 bits per heavy atom. The lowest BCUT2D eigenvalue weighted by Crippen LogP contribution is -2.48. The minimum atomic E-state index is -0.291. The van der Waals surface area contributed by atoms with Crippen LogP contribution in [-0.4, -0.2) is 24.2 Å². The zero-order valence-electron chi connectivity index (χ0n) is 13.8. The van der Waals surface area contributed by atoms with Gasteiger partial charge in [-0.05, 0) is 41.5 Å². The molecule has 2 aromatic carbocycles. The summed E-state index contributed by atoms with van der Waals surface area (Å²) < 4.78 is 5.51. The number of hydrogen-bond acceptors (Lipinski definition) is 3. The van der Waals surface area contributed by atoms with Crippen LogP contribution in [0.4, 0.5) is 0 Å². The van der Waals surface area contributed by atoms with E-state index in [4.69, 9.17) is 17.0 Å². The molecule has 0 aliphatic heterocycles. The van der Waals surface area contributed by atoms with Gasteiger partial charge in [-0.2, -0.15) is 0 Å². The Bertz CT molecular complexity index is 691. The fourth-order valence-corrected chi connectivity index (χ4v) is 2.34. The molecular weight excluding hydrogens is 322 g/mol. The number of hydrogen-bond donors (Lipinski definition) is 3. The second-order valence-electron chi connectivity index (χ2n) is 5.43. The van der Waals surface area contributed by atoms with E-state index in [-0.39, 0.29) is 12.5 Å². The van der Waals surface area contributed by atoms with Gasteiger partial charge < -0.3 is 10.1 Å². The summed E-state index contributed by atoms with van der Waals surface area (Å²) in [4.78, 5) is 11.8. The van der Waals surface area contributed by atoms with Crippen molar-refractivity contribution in [3.63, 3.8) is 0 Å². The maximum Gasteiger partial charge on any atom is 0.276 e. The number of nitrogens with one attached hydrogen (secondary N) is 3. The van der Waals surface area contributed by atoms with Crippen molar-refractivity contribution >= 4 is 34.0 Å². The SMILES string of the molecule is CCCCCNC(=S)NNC(=O)COc1ccc2ccccc2c1. The predicted octanol–water partition coefficient (Wildman–Crippen LogP) is 2.90. The van der Waals surface area contributed by atoms with Crippen LogP contribution in [0.25, 0.3) is 10.8 Å². The summed E-state index contributed by atoms with van der Waals surface area (Å²) in [6, 6.07) is 13.7. The number of unbranched alkanes of at least 4 members (excludes halogenated alkanes) is 2. The molecule has 0 unspecified atom stereocenters. The van der Waals surface area contributed by atoms with Crippen LogP contribution in [0.5, 0.6) is 5.75 Å². The molecule has 2 aromatic rings. The highest BCUT2D eigenvalue weighted by Crippen LogP contribution is 2.20. The molecule has 24 heavy (non-hydrogen) atoms. The van der Waals surface area contributed by atoms with Crippen molar-refractivity contribution in [3.05, 3.63) is 42.5 Å². The van der Waals surface area contributed by atoms with Crippen LogP contribution >= 0.6 is 12.2 Å². The van der Waals surface area contributed by atoms with Crippen LogP contribution in [-0.2, 0) is 4.79 Å². The molecule has 5 nitrogen and oxygen atoms in total. The summed E-state index contributed by atoms with van der Waals surface area (Å²) in [5.41, 5.74) is 5.18. The first-order chi connectivity index (χ1) is 11.7. The van der Waals surface area contributed by atoms with Crippen LogP contribution in [0, 0.1) is 0 Å². The standard InChI is InChI=1S/C18H23N3O2S/c1-2-3-6-11-19-18(24)21-20-17(22)13-23-16-10-9-14-7-4-5-8-15(14)12-16/h4-5,7-10,12H,2-3,6,11,13H2,1H3,(H,20,22)(H2,19,21,24). The Balaban J connectivity index is 1.69. The van der Waals surface area contributed by atoms with Gasteiger partial charge in [0, 0.05) is 6.54 Å². The van der Waals surface area contributed by atoms with Gasteiger partial charge in [0.2, 0.25) is 0 Å². The number of thiocarbonyl (C=S) groups is 1. The Labute approximate surface area is 147 Å². The molecule has 0 aromatic heterocycles. The monoisotopic (exact) mass is 345 g/mol. The number of hydrazine groups is 1. The lowest BCUT2D eigenvalue weighted by molar-refractivity contribution is -0.123. The number of carbonyl (C=O) groups excluding carboxylic acids is 1. The molecule has 0 bridgehead atoms. The highest BCUT2D eigenvalue weighted by atomic mass is 32.1. The van der Waals surface area contributed by atoms with E-state index in [1.807, 2.05) is 42.5 Å². The topological polar surface area (TPSA) is 62.4 Å². The third-order valence-electron chi connectivity index (χ3n) is 3.47. The van der Waals surface area contributed by atoms with E-state index < -0.39 is 0 Å². The van der Waals surface area contributed by atoms with Crippen LogP contribution < -0.4 is 20.9 Å². The first kappa shape index (κ1) is 18.0. The molecule has 0 radical (unpaired) electrons. The van der Waals surface area contributed by atoms with Gasteiger partial charge >= 0.3 is 0 Å². The maximum absolute atomic E-state index is 11.8. The highest BCUT2D eigenvalue weighted by molar-refractivity contribution is 7.80. The van der Waals surface area contributed by atoms with Gasteiger partial charge in [-0.1, -0.05) is 50.1 Å². The first-order valence-electron chi connectivity index (χ1n) is 8.13. The van der Waals surface area contributed by atoms with Crippen molar-refractivity contribution in [2.45, 2.75) is 26.2 Å².